The molecule has 0 bridgehead atoms. The molecule has 1 aromatic carbocycles. The summed E-state index contributed by atoms with van der Waals surface area (Å²) in [6, 6.07) is 2.95. The summed E-state index contributed by atoms with van der Waals surface area (Å²) in [7, 11) is 2.87. The zero-order valence-corrected chi connectivity index (χ0v) is 12.9. The van der Waals surface area contributed by atoms with Crippen LogP contribution in [-0.4, -0.2) is 42.3 Å². The quantitative estimate of drug-likeness (QED) is 0.391. The third kappa shape index (κ3) is 3.50. The smallest absolute Gasteiger partial charge is 0.340 e. The standard InChI is InChI=1S/C16H21NO5/c1-21-13-8-11(15(16(18)19)14(9-13)22-2)10-17(20)12-6-4-3-5-7-12/h8-10,12H,3-7H2,1-2H3,(H,18,19)/b17-10-. The number of rotatable bonds is 5. The molecule has 1 aliphatic rings. The van der Waals surface area contributed by atoms with E-state index < -0.39 is 5.97 Å². The number of hydrogen-bond donors (Lipinski definition) is 1. The SMILES string of the molecule is COc1cc(/C=[N+](\[O-])C2CCCCC2)c(C(=O)O)c(OC)c1. The Balaban J connectivity index is 2.45. The van der Waals surface area contributed by atoms with Gasteiger partial charge in [-0.2, -0.15) is 0 Å². The molecule has 0 saturated heterocycles. The number of hydroxylamine groups is 1. The molecule has 1 N–H and O–H groups in total. The van der Waals surface area contributed by atoms with Gasteiger partial charge in [-0.15, -0.1) is 0 Å². The van der Waals surface area contributed by atoms with Crippen LogP contribution in [-0.2, 0) is 0 Å². The highest BCUT2D eigenvalue weighted by atomic mass is 16.5. The predicted octanol–water partition coefficient (Wildman–Crippen LogP) is 2.66. The van der Waals surface area contributed by atoms with E-state index in [1.807, 2.05) is 0 Å². The van der Waals surface area contributed by atoms with Crippen LogP contribution < -0.4 is 9.47 Å². The molecule has 22 heavy (non-hydrogen) atoms. The number of ether oxygens (including phenoxy) is 2. The molecule has 0 radical (unpaired) electrons. The zero-order valence-electron chi connectivity index (χ0n) is 12.9. The van der Waals surface area contributed by atoms with Crippen molar-refractivity contribution >= 4 is 12.2 Å². The Hall–Kier alpha value is -2.24. The fraction of sp³-hybridized carbons (Fsp3) is 0.500. The third-order valence-corrected chi connectivity index (χ3v) is 3.98. The second-order valence-electron chi connectivity index (χ2n) is 5.38. The fourth-order valence-corrected chi connectivity index (χ4v) is 2.80. The van der Waals surface area contributed by atoms with Gasteiger partial charge in [0.15, 0.2) is 12.3 Å². The Kier molecular flexibility index (Phi) is 5.25. The lowest BCUT2D eigenvalue weighted by atomic mass is 9.95. The molecule has 1 aromatic rings. The van der Waals surface area contributed by atoms with Crippen LogP contribution in [0.4, 0.5) is 0 Å². The molecular weight excluding hydrogens is 286 g/mol. The van der Waals surface area contributed by atoms with Crippen LogP contribution in [0, 0.1) is 5.21 Å². The van der Waals surface area contributed by atoms with E-state index in [0.29, 0.717) is 11.3 Å². The molecule has 1 aliphatic carbocycles. The summed E-state index contributed by atoms with van der Waals surface area (Å²) in [5.41, 5.74) is 0.268. The maximum atomic E-state index is 12.3. The van der Waals surface area contributed by atoms with Crippen molar-refractivity contribution in [3.63, 3.8) is 0 Å². The van der Waals surface area contributed by atoms with E-state index in [1.165, 1.54) is 26.5 Å². The Bertz CT molecular complexity index is 576. The van der Waals surface area contributed by atoms with Gasteiger partial charge >= 0.3 is 5.97 Å². The fourth-order valence-electron chi connectivity index (χ4n) is 2.80. The van der Waals surface area contributed by atoms with Gasteiger partial charge in [-0.1, -0.05) is 6.42 Å². The molecule has 0 atom stereocenters. The van der Waals surface area contributed by atoms with E-state index in [1.54, 1.807) is 6.07 Å². The number of carboxylic acids is 1. The summed E-state index contributed by atoms with van der Waals surface area (Å²) >= 11 is 0. The summed E-state index contributed by atoms with van der Waals surface area (Å²) in [6.07, 6.45) is 6.23. The maximum absolute atomic E-state index is 12.3. The highest BCUT2D eigenvalue weighted by molar-refractivity contribution is 6.00. The molecule has 0 aliphatic heterocycles. The number of carboxylic acid groups (broad SMARTS) is 1. The molecular formula is C16H21NO5. The minimum atomic E-state index is -1.14. The Morgan fingerprint density at radius 1 is 1.27 bits per heavy atom. The Labute approximate surface area is 129 Å². The topological polar surface area (TPSA) is 81.8 Å². The highest BCUT2D eigenvalue weighted by Crippen LogP contribution is 2.28. The summed E-state index contributed by atoms with van der Waals surface area (Å²) < 4.78 is 11.1. The maximum Gasteiger partial charge on any atom is 0.340 e. The minimum Gasteiger partial charge on any atom is -0.624 e. The summed E-state index contributed by atoms with van der Waals surface area (Å²) in [6.45, 7) is 0. The van der Waals surface area contributed by atoms with Crippen LogP contribution in [0.5, 0.6) is 11.5 Å². The lowest BCUT2D eigenvalue weighted by molar-refractivity contribution is -0.500. The lowest BCUT2D eigenvalue weighted by Crippen LogP contribution is -2.25. The van der Waals surface area contributed by atoms with Gasteiger partial charge in [0.1, 0.15) is 17.1 Å². The summed E-state index contributed by atoms with van der Waals surface area (Å²) in [5, 5.41) is 21.7. The average Bonchev–Trinajstić information content (AvgIpc) is 2.54. The van der Waals surface area contributed by atoms with Gasteiger partial charge in [0.2, 0.25) is 0 Å². The van der Waals surface area contributed by atoms with Crippen LogP contribution in [0.15, 0.2) is 12.1 Å². The number of nitrogens with zero attached hydrogens (tertiary/aromatic N) is 1. The first-order valence-electron chi connectivity index (χ1n) is 7.36. The molecule has 6 heteroatoms. The van der Waals surface area contributed by atoms with Crippen molar-refractivity contribution in [3.05, 3.63) is 28.5 Å². The normalized spacial score (nSPS) is 16.4. The van der Waals surface area contributed by atoms with Crippen molar-refractivity contribution in [2.45, 2.75) is 38.1 Å². The molecule has 0 amide bonds. The van der Waals surface area contributed by atoms with Crippen LogP contribution in [0.1, 0.15) is 48.0 Å². The molecule has 0 heterocycles. The van der Waals surface area contributed by atoms with Crippen LogP contribution in [0.3, 0.4) is 0 Å². The first-order chi connectivity index (χ1) is 10.6. The van der Waals surface area contributed by atoms with Gasteiger partial charge in [0.05, 0.1) is 19.8 Å². The second kappa shape index (κ2) is 7.15. The number of methoxy groups -OCH3 is 2. The molecule has 6 nitrogen and oxygen atoms in total. The van der Waals surface area contributed by atoms with Gasteiger partial charge in [-0.05, 0) is 18.9 Å². The Morgan fingerprint density at radius 3 is 2.50 bits per heavy atom. The lowest BCUT2D eigenvalue weighted by Gasteiger charge is -2.21. The van der Waals surface area contributed by atoms with Gasteiger partial charge < -0.3 is 19.8 Å². The van der Waals surface area contributed by atoms with Crippen molar-refractivity contribution in [3.8, 4) is 11.5 Å². The highest BCUT2D eigenvalue weighted by Gasteiger charge is 2.23. The molecule has 0 spiro atoms. The monoisotopic (exact) mass is 307 g/mol. The second-order valence-corrected chi connectivity index (χ2v) is 5.38. The van der Waals surface area contributed by atoms with E-state index in [9.17, 15) is 15.1 Å². The van der Waals surface area contributed by atoms with E-state index in [2.05, 4.69) is 0 Å². The van der Waals surface area contributed by atoms with E-state index in [4.69, 9.17) is 9.47 Å². The summed E-state index contributed by atoms with van der Waals surface area (Å²) in [5.74, 6) is -0.511. The van der Waals surface area contributed by atoms with Crippen molar-refractivity contribution in [2.75, 3.05) is 14.2 Å². The minimum absolute atomic E-state index is 0.0278. The van der Waals surface area contributed by atoms with Crippen LogP contribution in [0.2, 0.25) is 0 Å². The van der Waals surface area contributed by atoms with Gasteiger partial charge in [0.25, 0.3) is 0 Å². The van der Waals surface area contributed by atoms with E-state index in [-0.39, 0.29) is 17.4 Å². The number of benzene rings is 1. The molecule has 1 saturated carbocycles. The molecule has 2 rings (SSSR count). The number of aromatic carboxylic acids is 1. The van der Waals surface area contributed by atoms with Crippen LogP contribution in [0.25, 0.3) is 0 Å². The number of hydrogen-bond acceptors (Lipinski definition) is 4. The third-order valence-electron chi connectivity index (χ3n) is 3.98. The summed E-state index contributed by atoms with van der Waals surface area (Å²) in [4.78, 5) is 11.5. The van der Waals surface area contributed by atoms with E-state index >= 15 is 0 Å². The number of carbonyl (C=O) groups is 1. The molecule has 0 aromatic heterocycles. The Morgan fingerprint density at radius 2 is 1.95 bits per heavy atom. The first kappa shape index (κ1) is 16.1. The predicted molar refractivity (Wildman–Crippen MR) is 82.2 cm³/mol. The largest absolute Gasteiger partial charge is 0.624 e. The van der Waals surface area contributed by atoms with Gasteiger partial charge in [-0.3, -0.25) is 0 Å². The zero-order chi connectivity index (χ0) is 16.1. The molecule has 0 unspecified atom stereocenters. The average molecular weight is 307 g/mol. The van der Waals surface area contributed by atoms with Crippen molar-refractivity contribution in [2.24, 2.45) is 0 Å². The van der Waals surface area contributed by atoms with Crippen molar-refractivity contribution in [1.82, 2.24) is 0 Å². The van der Waals surface area contributed by atoms with Gasteiger partial charge in [0, 0.05) is 18.9 Å². The van der Waals surface area contributed by atoms with Crippen molar-refractivity contribution in [1.29, 1.82) is 0 Å². The van der Waals surface area contributed by atoms with E-state index in [0.717, 1.165) is 36.8 Å². The van der Waals surface area contributed by atoms with Crippen LogP contribution >= 0.6 is 0 Å². The molecule has 120 valence electrons. The van der Waals surface area contributed by atoms with Gasteiger partial charge in [-0.25, -0.2) is 9.53 Å². The van der Waals surface area contributed by atoms with Crippen molar-refractivity contribution < 1.29 is 24.1 Å². The molecule has 1 fully saturated rings. The first-order valence-corrected chi connectivity index (χ1v) is 7.36.